The number of anilines is 3. The molecule has 0 heterocycles. The summed E-state index contributed by atoms with van der Waals surface area (Å²) in [7, 11) is 0. The Morgan fingerprint density at radius 1 is 0.882 bits per heavy atom. The van der Waals surface area contributed by atoms with Crippen LogP contribution >= 0.6 is 0 Å². The van der Waals surface area contributed by atoms with Crippen LogP contribution < -0.4 is 16.8 Å². The highest BCUT2D eigenvalue weighted by Crippen LogP contribution is 2.19. The number of hydrogen-bond acceptors (Lipinski definition) is 3. The Kier molecular flexibility index (Phi) is 3.30. The lowest BCUT2D eigenvalue weighted by molar-refractivity contribution is 0.818. The smallest absolute Gasteiger partial charge is 0.0385 e. The Bertz CT molecular complexity index is 472. The molecule has 0 aliphatic rings. The third-order valence-electron chi connectivity index (χ3n) is 2.64. The van der Waals surface area contributed by atoms with Crippen molar-refractivity contribution in [3.63, 3.8) is 0 Å². The summed E-state index contributed by atoms with van der Waals surface area (Å²) >= 11 is 0. The summed E-state index contributed by atoms with van der Waals surface area (Å²) in [5.74, 6) is 0. The number of nitrogens with one attached hydrogen (secondary N) is 1. The van der Waals surface area contributed by atoms with Crippen molar-refractivity contribution >= 4 is 17.1 Å². The van der Waals surface area contributed by atoms with Gasteiger partial charge in [-0.1, -0.05) is 12.1 Å². The third-order valence-corrected chi connectivity index (χ3v) is 2.64. The second-order valence-electron chi connectivity index (χ2n) is 4.16. The second kappa shape index (κ2) is 4.89. The van der Waals surface area contributed by atoms with Gasteiger partial charge in [-0.15, -0.1) is 0 Å². The molecule has 1 atom stereocenters. The number of nitrogens with two attached hydrogens (primary N) is 2. The molecule has 0 amide bonds. The molecule has 0 fully saturated rings. The Labute approximate surface area is 101 Å². The van der Waals surface area contributed by atoms with Crippen LogP contribution in [0, 0.1) is 0 Å². The largest absolute Gasteiger partial charge is 0.399 e. The van der Waals surface area contributed by atoms with Gasteiger partial charge in [0.15, 0.2) is 0 Å². The molecule has 17 heavy (non-hydrogen) atoms. The second-order valence-corrected chi connectivity index (χ2v) is 4.16. The summed E-state index contributed by atoms with van der Waals surface area (Å²) in [5.41, 5.74) is 15.4. The van der Waals surface area contributed by atoms with Crippen LogP contribution in [0.25, 0.3) is 0 Å². The zero-order chi connectivity index (χ0) is 12.3. The number of nitrogen functional groups attached to an aromatic ring is 1. The van der Waals surface area contributed by atoms with Gasteiger partial charge in [0.25, 0.3) is 0 Å². The van der Waals surface area contributed by atoms with E-state index in [1.807, 2.05) is 55.5 Å². The molecule has 0 aliphatic carbocycles. The van der Waals surface area contributed by atoms with Gasteiger partial charge in [0.05, 0.1) is 0 Å². The lowest BCUT2D eigenvalue weighted by Crippen LogP contribution is -2.04. The lowest BCUT2D eigenvalue weighted by atomic mass is 10.1. The molecule has 0 aliphatic heterocycles. The van der Waals surface area contributed by atoms with Gasteiger partial charge in [-0.2, -0.15) is 0 Å². The first-order valence-corrected chi connectivity index (χ1v) is 5.63. The van der Waals surface area contributed by atoms with Crippen molar-refractivity contribution in [1.82, 2.24) is 0 Å². The number of hydrogen-bond donors (Lipinski definition) is 3. The van der Waals surface area contributed by atoms with Crippen molar-refractivity contribution in [3.05, 3.63) is 54.1 Å². The zero-order valence-corrected chi connectivity index (χ0v) is 9.85. The molecule has 0 radical (unpaired) electrons. The van der Waals surface area contributed by atoms with E-state index in [0.29, 0.717) is 0 Å². The molecular formula is C14H17N3. The zero-order valence-electron chi connectivity index (χ0n) is 9.85. The molecule has 0 unspecified atom stereocenters. The van der Waals surface area contributed by atoms with Gasteiger partial charge < -0.3 is 16.8 Å². The molecule has 2 aromatic carbocycles. The monoisotopic (exact) mass is 227 g/mol. The van der Waals surface area contributed by atoms with E-state index in [1.54, 1.807) is 0 Å². The van der Waals surface area contributed by atoms with Crippen molar-refractivity contribution in [2.45, 2.75) is 13.0 Å². The summed E-state index contributed by atoms with van der Waals surface area (Å²) in [4.78, 5) is 0. The van der Waals surface area contributed by atoms with Gasteiger partial charge in [0.2, 0.25) is 0 Å². The number of rotatable bonds is 3. The minimum absolute atomic E-state index is 0.0700. The van der Waals surface area contributed by atoms with Crippen molar-refractivity contribution in [2.24, 2.45) is 5.73 Å². The summed E-state index contributed by atoms with van der Waals surface area (Å²) < 4.78 is 0. The summed E-state index contributed by atoms with van der Waals surface area (Å²) in [5, 5.41) is 3.30. The van der Waals surface area contributed by atoms with E-state index in [-0.39, 0.29) is 6.04 Å². The lowest BCUT2D eigenvalue weighted by Gasteiger charge is -2.09. The van der Waals surface area contributed by atoms with Crippen molar-refractivity contribution in [2.75, 3.05) is 11.1 Å². The van der Waals surface area contributed by atoms with Crippen LogP contribution in [0.15, 0.2) is 48.5 Å². The molecule has 3 nitrogen and oxygen atoms in total. The van der Waals surface area contributed by atoms with Gasteiger partial charge in [0.1, 0.15) is 0 Å². The molecule has 0 saturated heterocycles. The summed E-state index contributed by atoms with van der Waals surface area (Å²) in [6.07, 6.45) is 0. The van der Waals surface area contributed by atoms with Gasteiger partial charge >= 0.3 is 0 Å². The average molecular weight is 227 g/mol. The highest BCUT2D eigenvalue weighted by molar-refractivity contribution is 5.61. The Morgan fingerprint density at radius 2 is 1.35 bits per heavy atom. The molecule has 3 heteroatoms. The predicted molar refractivity (Wildman–Crippen MR) is 73.2 cm³/mol. The maximum Gasteiger partial charge on any atom is 0.0385 e. The van der Waals surface area contributed by atoms with Crippen molar-refractivity contribution in [1.29, 1.82) is 0 Å². The van der Waals surface area contributed by atoms with Crippen molar-refractivity contribution in [3.8, 4) is 0 Å². The fourth-order valence-electron chi connectivity index (χ4n) is 1.60. The minimum atomic E-state index is 0.0700. The van der Waals surface area contributed by atoms with Gasteiger partial charge in [-0.05, 0) is 48.9 Å². The fraction of sp³-hybridized carbons (Fsp3) is 0.143. The van der Waals surface area contributed by atoms with E-state index in [2.05, 4.69) is 5.32 Å². The van der Waals surface area contributed by atoms with Crippen LogP contribution in [-0.2, 0) is 0 Å². The van der Waals surface area contributed by atoms with Crippen LogP contribution in [0.5, 0.6) is 0 Å². The van der Waals surface area contributed by atoms with E-state index < -0.39 is 0 Å². The van der Waals surface area contributed by atoms with Crippen molar-refractivity contribution < 1.29 is 0 Å². The maximum atomic E-state index is 5.80. The molecule has 2 aromatic rings. The first-order chi connectivity index (χ1) is 8.15. The van der Waals surface area contributed by atoms with Crippen LogP contribution in [0.3, 0.4) is 0 Å². The third kappa shape index (κ3) is 2.98. The van der Waals surface area contributed by atoms with Gasteiger partial charge in [-0.3, -0.25) is 0 Å². The standard InChI is InChI=1S/C14H17N3/c1-10(15)11-2-6-13(7-3-11)17-14-8-4-12(16)5-9-14/h2-10,17H,15-16H2,1H3/t10-/m0/s1. The minimum Gasteiger partial charge on any atom is -0.399 e. The molecule has 88 valence electrons. The van der Waals surface area contributed by atoms with E-state index in [4.69, 9.17) is 11.5 Å². The molecule has 5 N–H and O–H groups in total. The first-order valence-electron chi connectivity index (χ1n) is 5.63. The van der Waals surface area contributed by atoms with Crippen LogP contribution in [-0.4, -0.2) is 0 Å². The topological polar surface area (TPSA) is 64.1 Å². The molecular weight excluding hydrogens is 210 g/mol. The highest BCUT2D eigenvalue weighted by atomic mass is 14.9. The predicted octanol–water partition coefficient (Wildman–Crippen LogP) is 3.03. The molecule has 0 aromatic heterocycles. The van der Waals surface area contributed by atoms with Crippen LogP contribution in [0.4, 0.5) is 17.1 Å². The van der Waals surface area contributed by atoms with Crippen LogP contribution in [0.1, 0.15) is 18.5 Å². The normalized spacial score (nSPS) is 12.1. The summed E-state index contributed by atoms with van der Waals surface area (Å²) in [6, 6.07) is 15.8. The summed E-state index contributed by atoms with van der Waals surface area (Å²) in [6.45, 7) is 1.97. The van der Waals surface area contributed by atoms with Gasteiger partial charge in [-0.25, -0.2) is 0 Å². The highest BCUT2D eigenvalue weighted by Gasteiger charge is 1.99. The Morgan fingerprint density at radius 3 is 1.82 bits per heavy atom. The quantitative estimate of drug-likeness (QED) is 0.706. The van der Waals surface area contributed by atoms with E-state index in [9.17, 15) is 0 Å². The molecule has 2 rings (SSSR count). The van der Waals surface area contributed by atoms with Crippen LogP contribution in [0.2, 0.25) is 0 Å². The van der Waals surface area contributed by atoms with E-state index >= 15 is 0 Å². The van der Waals surface area contributed by atoms with E-state index in [1.165, 1.54) is 0 Å². The molecule has 0 saturated carbocycles. The van der Waals surface area contributed by atoms with Gasteiger partial charge in [0, 0.05) is 23.1 Å². The molecule has 0 spiro atoms. The Hall–Kier alpha value is -2.00. The molecule has 0 bridgehead atoms. The average Bonchev–Trinajstić information content (AvgIpc) is 2.33. The SMILES string of the molecule is C[C@H](N)c1ccc(Nc2ccc(N)cc2)cc1. The first kappa shape index (κ1) is 11.5. The fourth-order valence-corrected chi connectivity index (χ4v) is 1.60. The van der Waals surface area contributed by atoms with E-state index in [0.717, 1.165) is 22.6 Å². The Balaban J connectivity index is 2.11. The number of benzene rings is 2. The maximum absolute atomic E-state index is 5.80.